The largest absolute Gasteiger partial charge is 0.489 e. The lowest BCUT2D eigenvalue weighted by molar-refractivity contribution is -0.123. The minimum absolute atomic E-state index is 0.0677. The molecule has 0 aromatic heterocycles. The predicted octanol–water partition coefficient (Wildman–Crippen LogP) is 4.78. The van der Waals surface area contributed by atoms with E-state index in [0.29, 0.717) is 28.1 Å². The van der Waals surface area contributed by atoms with Crippen molar-refractivity contribution in [1.29, 1.82) is 0 Å². The van der Waals surface area contributed by atoms with E-state index in [1.54, 1.807) is 11.0 Å². The first-order valence-corrected chi connectivity index (χ1v) is 10.7. The monoisotopic (exact) mass is 429 g/mol. The van der Waals surface area contributed by atoms with Crippen molar-refractivity contribution < 1.29 is 18.7 Å². The molecular formula is C22H20FNO3S2. The number of rotatable bonds is 6. The van der Waals surface area contributed by atoms with Crippen molar-refractivity contribution in [2.75, 3.05) is 13.2 Å². The maximum absolute atomic E-state index is 13.2. The molecule has 2 heterocycles. The fourth-order valence-corrected chi connectivity index (χ4v) is 4.53. The third-order valence-corrected chi connectivity index (χ3v) is 6.13. The molecule has 0 radical (unpaired) electrons. The second-order valence-corrected chi connectivity index (χ2v) is 8.59. The number of carbonyl (C=O) groups is 1. The summed E-state index contributed by atoms with van der Waals surface area (Å²) in [6, 6.07) is 13.8. The molecular weight excluding hydrogens is 409 g/mol. The van der Waals surface area contributed by atoms with Gasteiger partial charge in [0.15, 0.2) is 0 Å². The van der Waals surface area contributed by atoms with E-state index in [2.05, 4.69) is 0 Å². The molecule has 0 spiro atoms. The fraction of sp³-hybridized carbons (Fsp3) is 0.273. The summed E-state index contributed by atoms with van der Waals surface area (Å²) < 4.78 is 25.1. The molecule has 0 saturated carbocycles. The van der Waals surface area contributed by atoms with Crippen LogP contribution in [0.5, 0.6) is 5.75 Å². The van der Waals surface area contributed by atoms with Gasteiger partial charge in [-0.1, -0.05) is 48.2 Å². The lowest BCUT2D eigenvalue weighted by atomic mass is 10.2. The van der Waals surface area contributed by atoms with Gasteiger partial charge in [-0.15, -0.1) is 0 Å². The van der Waals surface area contributed by atoms with E-state index in [4.69, 9.17) is 21.7 Å². The summed E-state index contributed by atoms with van der Waals surface area (Å²) in [7, 11) is 0. The van der Waals surface area contributed by atoms with Crippen LogP contribution in [0.2, 0.25) is 0 Å². The van der Waals surface area contributed by atoms with Crippen LogP contribution < -0.4 is 4.74 Å². The molecule has 2 aliphatic heterocycles. The number of hydrogen-bond donors (Lipinski definition) is 0. The molecule has 7 heteroatoms. The highest BCUT2D eigenvalue weighted by atomic mass is 32.2. The molecule has 1 amide bonds. The maximum atomic E-state index is 13.2. The van der Waals surface area contributed by atoms with E-state index in [9.17, 15) is 9.18 Å². The Morgan fingerprint density at radius 2 is 2.10 bits per heavy atom. The van der Waals surface area contributed by atoms with Gasteiger partial charge in [0.1, 0.15) is 22.5 Å². The zero-order chi connectivity index (χ0) is 20.2. The van der Waals surface area contributed by atoms with E-state index in [1.165, 1.54) is 23.9 Å². The third-order valence-electron chi connectivity index (χ3n) is 4.76. The Morgan fingerprint density at radius 3 is 2.83 bits per heavy atom. The molecule has 0 unspecified atom stereocenters. The number of benzene rings is 2. The second-order valence-electron chi connectivity index (χ2n) is 6.91. The molecule has 2 aromatic carbocycles. The summed E-state index contributed by atoms with van der Waals surface area (Å²) in [5, 5.41) is 0. The van der Waals surface area contributed by atoms with Gasteiger partial charge in [-0.3, -0.25) is 9.69 Å². The smallest absolute Gasteiger partial charge is 0.266 e. The minimum Gasteiger partial charge on any atom is -0.489 e. The normalized spacial score (nSPS) is 20.7. The molecule has 1 atom stereocenters. The number of thiocarbonyl (C=S) groups is 1. The lowest BCUT2D eigenvalue weighted by Gasteiger charge is -2.18. The highest BCUT2D eigenvalue weighted by Gasteiger charge is 2.34. The van der Waals surface area contributed by atoms with Gasteiger partial charge >= 0.3 is 0 Å². The average molecular weight is 430 g/mol. The molecule has 0 aliphatic carbocycles. The van der Waals surface area contributed by atoms with Crippen molar-refractivity contribution in [1.82, 2.24) is 4.90 Å². The standard InChI is InChI=1S/C22H20FNO3S2/c23-17-4-1-3-16(11-17)14-27-18-8-6-15(7-9-18)12-20-21(25)24(22(28)29-20)13-19-5-2-10-26-19/h1,3-4,6-9,11-12,19H,2,5,10,13-14H2/b20-12-/t19-/m0/s1. The Kier molecular flexibility index (Phi) is 6.28. The number of carbonyl (C=O) groups excluding carboxylic acids is 1. The molecule has 2 saturated heterocycles. The van der Waals surface area contributed by atoms with Crippen LogP contribution in [0.1, 0.15) is 24.0 Å². The van der Waals surface area contributed by atoms with Crippen LogP contribution in [0.15, 0.2) is 53.4 Å². The lowest BCUT2D eigenvalue weighted by Crippen LogP contribution is -2.35. The van der Waals surface area contributed by atoms with E-state index in [-0.39, 0.29) is 17.8 Å². The third kappa shape index (κ3) is 5.04. The molecule has 0 bridgehead atoms. The van der Waals surface area contributed by atoms with Crippen molar-refractivity contribution in [3.8, 4) is 5.75 Å². The number of halogens is 1. The summed E-state index contributed by atoms with van der Waals surface area (Å²) in [4.78, 5) is 14.9. The predicted molar refractivity (Wildman–Crippen MR) is 116 cm³/mol. The molecule has 29 heavy (non-hydrogen) atoms. The van der Waals surface area contributed by atoms with Crippen molar-refractivity contribution in [3.05, 3.63) is 70.4 Å². The van der Waals surface area contributed by atoms with E-state index >= 15 is 0 Å². The van der Waals surface area contributed by atoms with Crippen LogP contribution in [-0.4, -0.2) is 34.4 Å². The second kappa shape index (κ2) is 9.07. The number of amides is 1. The number of hydrogen-bond acceptors (Lipinski definition) is 5. The van der Waals surface area contributed by atoms with Gasteiger partial charge in [0, 0.05) is 6.61 Å². The molecule has 4 rings (SSSR count). The molecule has 2 fully saturated rings. The average Bonchev–Trinajstić information content (AvgIpc) is 3.32. The summed E-state index contributed by atoms with van der Waals surface area (Å²) in [6.45, 7) is 1.57. The highest BCUT2D eigenvalue weighted by Crippen LogP contribution is 2.33. The Hall–Kier alpha value is -2.22. The van der Waals surface area contributed by atoms with Crippen LogP contribution >= 0.6 is 24.0 Å². The van der Waals surface area contributed by atoms with E-state index < -0.39 is 0 Å². The first-order valence-electron chi connectivity index (χ1n) is 9.43. The van der Waals surface area contributed by atoms with Crippen molar-refractivity contribution in [2.45, 2.75) is 25.6 Å². The highest BCUT2D eigenvalue weighted by molar-refractivity contribution is 8.26. The van der Waals surface area contributed by atoms with Gasteiger partial charge in [0.05, 0.1) is 17.6 Å². The van der Waals surface area contributed by atoms with Crippen LogP contribution in [-0.2, 0) is 16.1 Å². The molecule has 2 aromatic rings. The summed E-state index contributed by atoms with van der Waals surface area (Å²) in [6.07, 6.45) is 3.91. The zero-order valence-corrected chi connectivity index (χ0v) is 17.3. The summed E-state index contributed by atoms with van der Waals surface area (Å²) in [5.41, 5.74) is 1.66. The molecule has 2 aliphatic rings. The number of thioether (sulfide) groups is 1. The SMILES string of the molecule is O=C1/C(=C/c2ccc(OCc3cccc(F)c3)cc2)SC(=S)N1C[C@@H]1CCCO1. The minimum atomic E-state index is -0.279. The van der Waals surface area contributed by atoms with Crippen molar-refractivity contribution in [3.63, 3.8) is 0 Å². The first-order chi connectivity index (χ1) is 14.1. The summed E-state index contributed by atoms with van der Waals surface area (Å²) in [5.74, 6) is 0.331. The molecule has 0 N–H and O–H groups in total. The quantitative estimate of drug-likeness (QED) is 0.488. The van der Waals surface area contributed by atoms with Crippen LogP contribution in [0.4, 0.5) is 4.39 Å². The Labute approximate surface area is 178 Å². The van der Waals surface area contributed by atoms with Crippen LogP contribution in [0.25, 0.3) is 6.08 Å². The van der Waals surface area contributed by atoms with Gasteiger partial charge in [-0.2, -0.15) is 0 Å². The molecule has 150 valence electrons. The summed E-state index contributed by atoms with van der Waals surface area (Å²) >= 11 is 6.70. The van der Waals surface area contributed by atoms with Crippen molar-refractivity contribution in [2.24, 2.45) is 0 Å². The number of ether oxygens (including phenoxy) is 2. The van der Waals surface area contributed by atoms with Crippen LogP contribution in [0, 0.1) is 5.82 Å². The van der Waals surface area contributed by atoms with Gasteiger partial charge in [0.25, 0.3) is 5.91 Å². The van der Waals surface area contributed by atoms with Crippen molar-refractivity contribution >= 4 is 40.3 Å². The Morgan fingerprint density at radius 1 is 1.28 bits per heavy atom. The zero-order valence-electron chi connectivity index (χ0n) is 15.7. The van der Waals surface area contributed by atoms with Crippen LogP contribution in [0.3, 0.4) is 0 Å². The van der Waals surface area contributed by atoms with E-state index in [0.717, 1.165) is 30.6 Å². The van der Waals surface area contributed by atoms with Gasteiger partial charge in [-0.25, -0.2) is 4.39 Å². The Bertz CT molecular complexity index is 939. The topological polar surface area (TPSA) is 38.8 Å². The van der Waals surface area contributed by atoms with Gasteiger partial charge in [0.2, 0.25) is 0 Å². The van der Waals surface area contributed by atoms with Gasteiger partial charge < -0.3 is 9.47 Å². The number of nitrogens with zero attached hydrogens (tertiary/aromatic N) is 1. The Balaban J connectivity index is 1.38. The maximum Gasteiger partial charge on any atom is 0.266 e. The first kappa shape index (κ1) is 20.1. The van der Waals surface area contributed by atoms with E-state index in [1.807, 2.05) is 36.4 Å². The fourth-order valence-electron chi connectivity index (χ4n) is 3.25. The molecule has 4 nitrogen and oxygen atoms in total. The van der Waals surface area contributed by atoms with Gasteiger partial charge in [-0.05, 0) is 54.3 Å².